The number of hydrogen-bond donors (Lipinski definition) is 3. The molecule has 0 bridgehead atoms. The van der Waals surface area contributed by atoms with Crippen LogP contribution in [0.25, 0.3) is 0 Å². The largest absolute Gasteiger partial charge is 0.366 e. The molecule has 2 rings (SSSR count). The Morgan fingerprint density at radius 3 is 2.76 bits per heavy atom. The Hall–Kier alpha value is -1.64. The predicted octanol–water partition coefficient (Wildman–Crippen LogP) is -1.31. The molecule has 0 radical (unpaired) electrons. The highest BCUT2D eigenvalue weighted by molar-refractivity contribution is 7.91. The number of nitrogens with one attached hydrogen (secondary N) is 2. The van der Waals surface area contributed by atoms with E-state index in [2.05, 4.69) is 20.5 Å². The third-order valence-corrected chi connectivity index (χ3v) is 4.54. The van der Waals surface area contributed by atoms with Gasteiger partial charge < -0.3 is 11.1 Å². The molecule has 8 nitrogen and oxygen atoms in total. The summed E-state index contributed by atoms with van der Waals surface area (Å²) in [4.78, 5) is 15.4. The maximum atomic E-state index is 11.7. The van der Waals surface area contributed by atoms with Crippen LogP contribution in [0.3, 0.4) is 0 Å². The Morgan fingerprint density at radius 1 is 1.59 bits per heavy atom. The summed E-state index contributed by atoms with van der Waals surface area (Å²) in [6, 6.07) is 0. The summed E-state index contributed by atoms with van der Waals surface area (Å²) in [6.07, 6.45) is 0.394. The second kappa shape index (κ2) is 3.69. The van der Waals surface area contributed by atoms with Gasteiger partial charge in [0.05, 0.1) is 17.0 Å². The van der Waals surface area contributed by atoms with E-state index < -0.39 is 21.3 Å². The van der Waals surface area contributed by atoms with Crippen molar-refractivity contribution in [2.24, 2.45) is 0 Å². The molecule has 0 saturated carbocycles. The molecule has 1 aromatic heterocycles. The van der Waals surface area contributed by atoms with Crippen LogP contribution in [0.4, 0.5) is 5.95 Å². The quantitative estimate of drug-likeness (QED) is 0.604. The molecule has 17 heavy (non-hydrogen) atoms. The average molecular weight is 259 g/mol. The van der Waals surface area contributed by atoms with Crippen LogP contribution in [0.2, 0.25) is 0 Å². The molecule has 94 valence electrons. The van der Waals surface area contributed by atoms with Crippen LogP contribution in [0, 0.1) is 0 Å². The molecule has 1 fully saturated rings. The third kappa shape index (κ3) is 2.54. The molecular weight excluding hydrogens is 246 g/mol. The minimum Gasteiger partial charge on any atom is -0.366 e. The molecular formula is C8H13N5O3S. The standard InChI is InChI=1S/C8H13N5O3S/c1-8(2-3-17(15,16)4-8)11-6(14)5-10-7(9)13-12-5/h2-4H2,1H3,(H,11,14)(H3,9,10,12,13). The number of aromatic nitrogens is 3. The normalized spacial score (nSPS) is 26.9. The summed E-state index contributed by atoms with van der Waals surface area (Å²) in [5, 5.41) is 8.53. The van der Waals surface area contributed by atoms with Gasteiger partial charge in [-0.3, -0.25) is 9.89 Å². The molecule has 0 spiro atoms. The van der Waals surface area contributed by atoms with Gasteiger partial charge in [0.25, 0.3) is 5.91 Å². The first-order valence-corrected chi connectivity index (χ1v) is 6.83. The van der Waals surface area contributed by atoms with Gasteiger partial charge >= 0.3 is 0 Å². The topological polar surface area (TPSA) is 131 Å². The highest BCUT2D eigenvalue weighted by Gasteiger charge is 2.39. The van der Waals surface area contributed by atoms with Crippen LogP contribution in [0.15, 0.2) is 0 Å². The monoisotopic (exact) mass is 259 g/mol. The smallest absolute Gasteiger partial charge is 0.289 e. The summed E-state index contributed by atoms with van der Waals surface area (Å²) in [5.74, 6) is -0.529. The molecule has 1 atom stereocenters. The van der Waals surface area contributed by atoms with E-state index >= 15 is 0 Å². The number of nitrogens with zero attached hydrogens (tertiary/aromatic N) is 2. The molecule has 1 aliphatic heterocycles. The second-order valence-corrected chi connectivity index (χ2v) is 6.58. The van der Waals surface area contributed by atoms with E-state index in [0.717, 1.165) is 0 Å². The average Bonchev–Trinajstić information content (AvgIpc) is 2.71. The maximum absolute atomic E-state index is 11.7. The van der Waals surface area contributed by atoms with Gasteiger partial charge in [-0.15, -0.1) is 5.10 Å². The number of nitrogen functional groups attached to an aromatic ring is 1. The highest BCUT2D eigenvalue weighted by Crippen LogP contribution is 2.22. The van der Waals surface area contributed by atoms with Gasteiger partial charge in [-0.25, -0.2) is 8.42 Å². The van der Waals surface area contributed by atoms with Crippen molar-refractivity contribution in [1.82, 2.24) is 20.5 Å². The van der Waals surface area contributed by atoms with Gasteiger partial charge in [-0.2, -0.15) is 4.98 Å². The number of carbonyl (C=O) groups excluding carboxylic acids is 1. The number of anilines is 1. The van der Waals surface area contributed by atoms with E-state index in [9.17, 15) is 13.2 Å². The summed E-state index contributed by atoms with van der Waals surface area (Å²) < 4.78 is 22.7. The van der Waals surface area contributed by atoms with Gasteiger partial charge in [0.2, 0.25) is 11.8 Å². The van der Waals surface area contributed by atoms with E-state index in [4.69, 9.17) is 5.73 Å². The number of nitrogens with two attached hydrogens (primary N) is 1. The molecule has 1 unspecified atom stereocenters. The zero-order chi connectivity index (χ0) is 12.7. The fourth-order valence-corrected chi connectivity index (χ4v) is 3.91. The summed E-state index contributed by atoms with van der Waals surface area (Å²) in [6.45, 7) is 1.69. The number of carbonyl (C=O) groups is 1. The lowest BCUT2D eigenvalue weighted by molar-refractivity contribution is 0.0905. The lowest BCUT2D eigenvalue weighted by Crippen LogP contribution is -2.47. The van der Waals surface area contributed by atoms with Crippen molar-refractivity contribution < 1.29 is 13.2 Å². The van der Waals surface area contributed by atoms with Crippen LogP contribution in [-0.2, 0) is 9.84 Å². The molecule has 1 saturated heterocycles. The summed E-state index contributed by atoms with van der Waals surface area (Å²) in [7, 11) is -3.06. The van der Waals surface area contributed by atoms with E-state index in [1.807, 2.05) is 0 Å². The number of rotatable bonds is 2. The zero-order valence-corrected chi connectivity index (χ0v) is 10.0. The van der Waals surface area contributed by atoms with E-state index in [1.165, 1.54) is 0 Å². The Kier molecular flexibility index (Phi) is 2.57. The van der Waals surface area contributed by atoms with Crippen LogP contribution in [-0.4, -0.2) is 46.6 Å². The van der Waals surface area contributed by atoms with E-state index in [1.54, 1.807) is 6.92 Å². The van der Waals surface area contributed by atoms with E-state index in [-0.39, 0.29) is 23.3 Å². The minimum atomic E-state index is -3.06. The lowest BCUT2D eigenvalue weighted by atomic mass is 10.0. The molecule has 4 N–H and O–H groups in total. The third-order valence-electron chi connectivity index (χ3n) is 2.64. The number of aromatic amines is 1. The molecule has 0 aromatic carbocycles. The minimum absolute atomic E-state index is 0.0203. The highest BCUT2D eigenvalue weighted by atomic mass is 32.2. The van der Waals surface area contributed by atoms with Crippen molar-refractivity contribution in [3.05, 3.63) is 5.82 Å². The van der Waals surface area contributed by atoms with Crippen LogP contribution >= 0.6 is 0 Å². The fourth-order valence-electron chi connectivity index (χ4n) is 1.82. The summed E-state index contributed by atoms with van der Waals surface area (Å²) >= 11 is 0. The van der Waals surface area contributed by atoms with Crippen LogP contribution in [0.5, 0.6) is 0 Å². The molecule has 2 heterocycles. The SMILES string of the molecule is CC1(NC(=O)c2nc(N)n[nH]2)CCS(=O)(=O)C1. The molecule has 0 aliphatic carbocycles. The van der Waals surface area contributed by atoms with Gasteiger partial charge in [-0.05, 0) is 13.3 Å². The van der Waals surface area contributed by atoms with Gasteiger partial charge in [-0.1, -0.05) is 0 Å². The molecule has 9 heteroatoms. The van der Waals surface area contributed by atoms with Crippen LogP contribution < -0.4 is 11.1 Å². The second-order valence-electron chi connectivity index (χ2n) is 4.40. The Bertz CT molecular complexity index is 551. The molecule has 1 aromatic rings. The number of H-pyrrole nitrogens is 1. The first kappa shape index (κ1) is 11.8. The van der Waals surface area contributed by atoms with Crippen LogP contribution in [0.1, 0.15) is 24.0 Å². The van der Waals surface area contributed by atoms with Crippen molar-refractivity contribution in [2.45, 2.75) is 18.9 Å². The first-order chi connectivity index (χ1) is 7.80. The predicted molar refractivity (Wildman–Crippen MR) is 59.9 cm³/mol. The maximum Gasteiger partial charge on any atom is 0.289 e. The van der Waals surface area contributed by atoms with Crippen molar-refractivity contribution in [3.8, 4) is 0 Å². The summed E-state index contributed by atoms with van der Waals surface area (Å²) in [5.41, 5.74) is 4.52. The fraction of sp³-hybridized carbons (Fsp3) is 0.625. The number of amides is 1. The van der Waals surface area contributed by atoms with Crippen molar-refractivity contribution >= 4 is 21.7 Å². The Balaban J connectivity index is 2.10. The Morgan fingerprint density at radius 2 is 2.29 bits per heavy atom. The lowest BCUT2D eigenvalue weighted by Gasteiger charge is -2.22. The van der Waals surface area contributed by atoms with Crippen molar-refractivity contribution in [3.63, 3.8) is 0 Å². The first-order valence-electron chi connectivity index (χ1n) is 5.01. The van der Waals surface area contributed by atoms with Gasteiger partial charge in [0.1, 0.15) is 0 Å². The zero-order valence-electron chi connectivity index (χ0n) is 9.23. The number of sulfone groups is 1. The van der Waals surface area contributed by atoms with Crippen molar-refractivity contribution in [2.75, 3.05) is 17.2 Å². The van der Waals surface area contributed by atoms with Gasteiger partial charge in [0, 0.05) is 0 Å². The van der Waals surface area contributed by atoms with Crippen molar-refractivity contribution in [1.29, 1.82) is 0 Å². The number of hydrogen-bond acceptors (Lipinski definition) is 6. The molecule has 1 amide bonds. The van der Waals surface area contributed by atoms with Gasteiger partial charge in [0.15, 0.2) is 9.84 Å². The molecule has 1 aliphatic rings. The Labute approximate surface area is 97.9 Å². The van der Waals surface area contributed by atoms with E-state index in [0.29, 0.717) is 6.42 Å².